The molecule has 0 unspecified atom stereocenters. The molecular formula is C28H24N4O6S2. The van der Waals surface area contributed by atoms with E-state index in [0.717, 1.165) is 38.2 Å². The highest BCUT2D eigenvalue weighted by Gasteiger charge is 2.19. The highest BCUT2D eigenvalue weighted by Crippen LogP contribution is 2.34. The van der Waals surface area contributed by atoms with Crippen molar-refractivity contribution in [3.8, 4) is 21.5 Å². The largest absolute Gasteiger partial charge is 0.506 e. The molecule has 40 heavy (non-hydrogen) atoms. The van der Waals surface area contributed by atoms with Crippen molar-refractivity contribution in [1.82, 2.24) is 19.1 Å². The van der Waals surface area contributed by atoms with Gasteiger partial charge in [-0.15, -0.1) is 22.7 Å². The van der Waals surface area contributed by atoms with Gasteiger partial charge in [-0.3, -0.25) is 9.13 Å². The Bertz CT molecular complexity index is 1880. The molecule has 12 heteroatoms. The lowest BCUT2D eigenvalue weighted by molar-refractivity contribution is 0.0594. The molecule has 0 saturated heterocycles. The number of ether oxygens (including phenoxy) is 2. The van der Waals surface area contributed by atoms with Crippen molar-refractivity contribution in [3.63, 3.8) is 0 Å². The van der Waals surface area contributed by atoms with Crippen LogP contribution < -0.4 is 0 Å². The highest BCUT2D eigenvalue weighted by molar-refractivity contribution is 7.17. The van der Waals surface area contributed by atoms with Crippen LogP contribution in [0.1, 0.15) is 30.5 Å². The van der Waals surface area contributed by atoms with E-state index in [1.165, 1.54) is 43.0 Å². The maximum atomic E-state index is 11.5. The van der Waals surface area contributed by atoms with Gasteiger partial charge in [0.1, 0.15) is 34.2 Å². The third-order valence-electron chi connectivity index (χ3n) is 6.02. The molecule has 0 bridgehead atoms. The first-order valence-electron chi connectivity index (χ1n) is 11.9. The van der Waals surface area contributed by atoms with Crippen molar-refractivity contribution in [3.05, 3.63) is 82.1 Å². The zero-order valence-corrected chi connectivity index (χ0v) is 23.5. The summed E-state index contributed by atoms with van der Waals surface area (Å²) in [5.74, 6) is -1.24. The number of aromatic hydroxyl groups is 2. The summed E-state index contributed by atoms with van der Waals surface area (Å²) in [6.07, 6.45) is 3.35. The summed E-state index contributed by atoms with van der Waals surface area (Å²) in [7, 11) is 2.58. The molecule has 0 atom stereocenters. The van der Waals surface area contributed by atoms with E-state index in [4.69, 9.17) is 0 Å². The Morgan fingerprint density at radius 1 is 0.700 bits per heavy atom. The Labute approximate surface area is 236 Å². The molecule has 0 spiro atoms. The number of esters is 2. The fraction of sp³-hybridized carbons (Fsp3) is 0.143. The maximum absolute atomic E-state index is 11.5. The number of rotatable bonds is 4. The van der Waals surface area contributed by atoms with Gasteiger partial charge < -0.3 is 19.7 Å². The number of methoxy groups -OCH3 is 2. The molecule has 2 aromatic carbocycles. The summed E-state index contributed by atoms with van der Waals surface area (Å²) in [5, 5.41) is 21.1. The lowest BCUT2D eigenvalue weighted by atomic mass is 10.2. The smallest absolute Gasteiger partial charge is 0.351 e. The summed E-state index contributed by atoms with van der Waals surface area (Å²) < 4.78 is 13.0. The first kappa shape index (κ1) is 26.9. The van der Waals surface area contributed by atoms with Crippen LogP contribution in [0, 0.1) is 13.8 Å². The first-order valence-corrected chi connectivity index (χ1v) is 13.5. The molecular weight excluding hydrogens is 552 g/mol. The normalized spacial score (nSPS) is 10.9. The standard InChI is InChI=1S/2C14H12N2O3S/c1-8-3-4-10-9(5-8)15-7-16(10)12-6-11(17)13(20-12)14(18)19-2;1-8-3-4-9-10(5-8)16(7-15-9)12-6-11(17)13(20-12)14(18)19-2/h2*3-7,17H,1-2H3. The lowest BCUT2D eigenvalue weighted by Crippen LogP contribution is -1.97. The number of carbonyl (C=O) groups is 2. The number of imidazole rings is 2. The average Bonchev–Trinajstić information content (AvgIpc) is 3.72. The molecule has 10 nitrogen and oxygen atoms in total. The van der Waals surface area contributed by atoms with Crippen LogP contribution in [0.3, 0.4) is 0 Å². The van der Waals surface area contributed by atoms with Crippen LogP contribution in [0.15, 0.2) is 61.2 Å². The van der Waals surface area contributed by atoms with Crippen LogP contribution in [0.5, 0.6) is 11.5 Å². The number of aromatic nitrogens is 4. The van der Waals surface area contributed by atoms with E-state index in [-0.39, 0.29) is 21.3 Å². The lowest BCUT2D eigenvalue weighted by Gasteiger charge is -2.00. The van der Waals surface area contributed by atoms with Gasteiger partial charge in [0.15, 0.2) is 9.75 Å². The second-order valence-corrected chi connectivity index (χ2v) is 10.9. The molecule has 0 fully saturated rings. The number of nitrogens with zero attached hydrogens (tertiary/aromatic N) is 4. The van der Waals surface area contributed by atoms with Crippen molar-refractivity contribution in [2.24, 2.45) is 0 Å². The summed E-state index contributed by atoms with van der Waals surface area (Å²) >= 11 is 2.34. The Balaban J connectivity index is 0.000000161. The van der Waals surface area contributed by atoms with Crippen LogP contribution in [0.25, 0.3) is 32.1 Å². The Morgan fingerprint density at radius 3 is 1.77 bits per heavy atom. The Kier molecular flexibility index (Phi) is 7.28. The number of thiophene rings is 2. The van der Waals surface area contributed by atoms with Crippen LogP contribution in [0.4, 0.5) is 0 Å². The van der Waals surface area contributed by atoms with Gasteiger partial charge in [0.2, 0.25) is 0 Å². The molecule has 2 N–H and O–H groups in total. The van der Waals surface area contributed by atoms with Gasteiger partial charge in [0, 0.05) is 12.1 Å². The van der Waals surface area contributed by atoms with Crippen LogP contribution in [0.2, 0.25) is 0 Å². The molecule has 0 saturated carbocycles. The minimum Gasteiger partial charge on any atom is -0.506 e. The van der Waals surface area contributed by atoms with E-state index in [2.05, 4.69) is 19.4 Å². The van der Waals surface area contributed by atoms with E-state index >= 15 is 0 Å². The van der Waals surface area contributed by atoms with Crippen molar-refractivity contribution >= 4 is 56.7 Å². The molecule has 0 aliphatic heterocycles. The molecule has 0 amide bonds. The second-order valence-electron chi connectivity index (χ2n) is 8.79. The average molecular weight is 577 g/mol. The molecule has 204 valence electrons. The third kappa shape index (κ3) is 5.01. The number of aryl methyl sites for hydroxylation is 2. The van der Waals surface area contributed by atoms with Crippen molar-refractivity contribution in [2.45, 2.75) is 13.8 Å². The summed E-state index contributed by atoms with van der Waals surface area (Å²) in [4.78, 5) is 32.1. The van der Waals surface area contributed by atoms with Crippen LogP contribution >= 0.6 is 22.7 Å². The molecule has 6 aromatic rings. The predicted octanol–water partition coefficient (Wildman–Crippen LogP) is 5.78. The molecule has 4 aromatic heterocycles. The first-order chi connectivity index (χ1) is 19.2. The third-order valence-corrected chi connectivity index (χ3v) is 8.23. The van der Waals surface area contributed by atoms with Gasteiger partial charge in [-0.05, 0) is 49.2 Å². The maximum Gasteiger partial charge on any atom is 0.351 e. The van der Waals surface area contributed by atoms with Gasteiger partial charge in [0.25, 0.3) is 0 Å². The van der Waals surface area contributed by atoms with Crippen molar-refractivity contribution in [2.75, 3.05) is 14.2 Å². The zero-order chi connectivity index (χ0) is 28.6. The summed E-state index contributed by atoms with van der Waals surface area (Å²) in [6.45, 7) is 4.01. The van der Waals surface area contributed by atoms with Gasteiger partial charge in [0.05, 0.1) is 36.3 Å². The predicted molar refractivity (Wildman–Crippen MR) is 153 cm³/mol. The monoisotopic (exact) mass is 576 g/mol. The van der Waals surface area contributed by atoms with Crippen molar-refractivity contribution in [1.29, 1.82) is 0 Å². The SMILES string of the molecule is COC(=O)c1sc(-n2cnc3cc(C)ccc32)cc1O.COC(=O)c1sc(-n2cnc3ccc(C)cc32)cc1O. The Hall–Kier alpha value is -4.68. The number of carbonyl (C=O) groups excluding carboxylic acids is 2. The van der Waals surface area contributed by atoms with Crippen LogP contribution in [-0.4, -0.2) is 55.5 Å². The van der Waals surface area contributed by atoms with E-state index in [9.17, 15) is 19.8 Å². The minimum absolute atomic E-state index is 0.0775. The van der Waals surface area contributed by atoms with Gasteiger partial charge in [-0.25, -0.2) is 19.6 Å². The Morgan fingerprint density at radius 2 is 1.20 bits per heavy atom. The van der Waals surface area contributed by atoms with Gasteiger partial charge in [-0.2, -0.15) is 0 Å². The number of benzene rings is 2. The van der Waals surface area contributed by atoms with Gasteiger partial charge in [-0.1, -0.05) is 12.1 Å². The summed E-state index contributed by atoms with van der Waals surface area (Å²) in [5.41, 5.74) is 5.84. The topological polar surface area (TPSA) is 129 Å². The van der Waals surface area contributed by atoms with E-state index < -0.39 is 11.9 Å². The fourth-order valence-electron chi connectivity index (χ4n) is 4.04. The van der Waals surface area contributed by atoms with Gasteiger partial charge >= 0.3 is 11.9 Å². The molecule has 4 heterocycles. The number of fused-ring (bicyclic) bond motifs is 2. The summed E-state index contributed by atoms with van der Waals surface area (Å²) in [6, 6.07) is 15.0. The quantitative estimate of drug-likeness (QED) is 0.253. The molecule has 0 aliphatic rings. The minimum atomic E-state index is -0.543. The van der Waals surface area contributed by atoms with E-state index in [1.807, 2.05) is 59.4 Å². The number of hydrogen-bond acceptors (Lipinski definition) is 10. The van der Waals surface area contributed by atoms with E-state index in [1.54, 1.807) is 18.7 Å². The zero-order valence-electron chi connectivity index (χ0n) is 21.9. The highest BCUT2D eigenvalue weighted by atomic mass is 32.1. The van der Waals surface area contributed by atoms with Crippen molar-refractivity contribution < 1.29 is 29.3 Å². The van der Waals surface area contributed by atoms with E-state index in [0.29, 0.717) is 5.00 Å². The van der Waals surface area contributed by atoms with Crippen LogP contribution in [-0.2, 0) is 9.47 Å². The second kappa shape index (κ2) is 10.8. The fourth-order valence-corrected chi connectivity index (χ4v) is 5.95. The molecule has 0 aliphatic carbocycles. The molecule has 0 radical (unpaired) electrons. The number of hydrogen-bond donors (Lipinski definition) is 2. The molecule has 6 rings (SSSR count).